The van der Waals surface area contributed by atoms with E-state index in [1.807, 2.05) is 0 Å². The number of pyridine rings is 1. The largest absolute Gasteiger partial charge is 0.378 e. The lowest BCUT2D eigenvalue weighted by Crippen LogP contribution is -2.09. The maximum absolute atomic E-state index is 13.5. The Balaban J connectivity index is 2.42. The zero-order chi connectivity index (χ0) is 14.9. The van der Waals surface area contributed by atoms with Crippen molar-refractivity contribution < 1.29 is 17.6 Å². The second kappa shape index (κ2) is 5.36. The Labute approximate surface area is 112 Å². The third-order valence-electron chi connectivity index (χ3n) is 2.63. The molecule has 1 aromatic carbocycles. The average Bonchev–Trinajstić information content (AvgIpc) is 2.42. The minimum Gasteiger partial charge on any atom is -0.378 e. The summed E-state index contributed by atoms with van der Waals surface area (Å²) in [6.07, 6.45) is 0. The van der Waals surface area contributed by atoms with E-state index in [0.29, 0.717) is 5.69 Å². The predicted octanol–water partition coefficient (Wildman–Crippen LogP) is 3.45. The van der Waals surface area contributed by atoms with Crippen molar-refractivity contribution in [3.8, 4) is 0 Å². The molecular formula is C13H11F4N3. The van der Waals surface area contributed by atoms with E-state index in [1.54, 1.807) is 37.2 Å². The molecule has 0 bridgehead atoms. The van der Waals surface area contributed by atoms with Crippen LogP contribution in [0.15, 0.2) is 24.3 Å². The lowest BCUT2D eigenvalue weighted by molar-refractivity contribution is 0.411. The van der Waals surface area contributed by atoms with Gasteiger partial charge in [0, 0.05) is 25.5 Å². The van der Waals surface area contributed by atoms with Gasteiger partial charge < -0.3 is 10.2 Å². The standard InChI is InChI=1S/C13H11F4N3/c1-20(2)8-5-3-4-7(6-8)18-11-9(14)12(16)19-13(17)10(11)15/h3-6H,1-2H3,(H,18,19). The highest BCUT2D eigenvalue weighted by Crippen LogP contribution is 2.27. The van der Waals surface area contributed by atoms with Gasteiger partial charge in [0.25, 0.3) is 11.9 Å². The van der Waals surface area contributed by atoms with Crippen molar-refractivity contribution in [2.75, 3.05) is 24.3 Å². The van der Waals surface area contributed by atoms with Crippen LogP contribution in [0.25, 0.3) is 0 Å². The van der Waals surface area contributed by atoms with Gasteiger partial charge in [0.2, 0.25) is 11.6 Å². The number of halogens is 4. The first-order valence-electron chi connectivity index (χ1n) is 5.64. The summed E-state index contributed by atoms with van der Waals surface area (Å²) in [5.41, 5.74) is 0.135. The zero-order valence-corrected chi connectivity index (χ0v) is 10.7. The Bertz CT molecular complexity index is 618. The summed E-state index contributed by atoms with van der Waals surface area (Å²) < 4.78 is 52.9. The Morgan fingerprint density at radius 2 is 1.60 bits per heavy atom. The molecule has 3 nitrogen and oxygen atoms in total. The molecule has 0 fully saturated rings. The second-order valence-corrected chi connectivity index (χ2v) is 4.27. The summed E-state index contributed by atoms with van der Waals surface area (Å²) in [6.45, 7) is 0. The predicted molar refractivity (Wildman–Crippen MR) is 68.1 cm³/mol. The molecule has 2 rings (SSSR count). The molecule has 7 heteroatoms. The summed E-state index contributed by atoms with van der Waals surface area (Å²) in [4.78, 5) is 4.26. The maximum Gasteiger partial charge on any atom is 0.253 e. The minimum atomic E-state index is -1.70. The van der Waals surface area contributed by atoms with E-state index < -0.39 is 29.2 Å². The molecule has 20 heavy (non-hydrogen) atoms. The molecule has 0 spiro atoms. The maximum atomic E-state index is 13.5. The Morgan fingerprint density at radius 3 is 2.15 bits per heavy atom. The molecule has 0 unspecified atom stereocenters. The first kappa shape index (κ1) is 14.1. The first-order valence-corrected chi connectivity index (χ1v) is 5.64. The van der Waals surface area contributed by atoms with Crippen LogP contribution in [-0.4, -0.2) is 19.1 Å². The highest BCUT2D eigenvalue weighted by atomic mass is 19.2. The van der Waals surface area contributed by atoms with Crippen LogP contribution in [0.2, 0.25) is 0 Å². The van der Waals surface area contributed by atoms with Crippen LogP contribution in [0.1, 0.15) is 0 Å². The molecule has 1 aromatic heterocycles. The molecule has 0 radical (unpaired) electrons. The lowest BCUT2D eigenvalue weighted by atomic mass is 10.2. The second-order valence-electron chi connectivity index (χ2n) is 4.27. The molecule has 1 heterocycles. The molecule has 0 saturated heterocycles. The van der Waals surface area contributed by atoms with Gasteiger partial charge in [0.05, 0.1) is 0 Å². The average molecular weight is 285 g/mol. The van der Waals surface area contributed by atoms with E-state index in [-0.39, 0.29) is 0 Å². The quantitative estimate of drug-likeness (QED) is 0.691. The smallest absolute Gasteiger partial charge is 0.253 e. The van der Waals surface area contributed by atoms with Gasteiger partial charge in [-0.15, -0.1) is 0 Å². The number of nitrogens with zero attached hydrogens (tertiary/aromatic N) is 2. The van der Waals surface area contributed by atoms with Crippen molar-refractivity contribution in [2.24, 2.45) is 0 Å². The molecule has 0 aliphatic rings. The first-order chi connectivity index (χ1) is 9.40. The highest BCUT2D eigenvalue weighted by molar-refractivity contribution is 5.65. The Kier molecular flexibility index (Phi) is 3.78. The van der Waals surface area contributed by atoms with Crippen molar-refractivity contribution in [3.05, 3.63) is 47.8 Å². The van der Waals surface area contributed by atoms with Crippen molar-refractivity contribution in [3.63, 3.8) is 0 Å². The summed E-state index contributed by atoms with van der Waals surface area (Å²) >= 11 is 0. The molecule has 0 aliphatic carbocycles. The number of hydrogen-bond acceptors (Lipinski definition) is 3. The van der Waals surface area contributed by atoms with Gasteiger partial charge in [-0.3, -0.25) is 0 Å². The summed E-state index contributed by atoms with van der Waals surface area (Å²) in [6, 6.07) is 6.50. The zero-order valence-electron chi connectivity index (χ0n) is 10.7. The number of hydrogen-bond donors (Lipinski definition) is 1. The van der Waals surface area contributed by atoms with Crippen LogP contribution in [-0.2, 0) is 0 Å². The van der Waals surface area contributed by atoms with Gasteiger partial charge in [-0.25, -0.2) is 0 Å². The topological polar surface area (TPSA) is 28.2 Å². The van der Waals surface area contributed by atoms with Gasteiger partial charge in [-0.1, -0.05) is 6.07 Å². The SMILES string of the molecule is CN(C)c1cccc(Nc2c(F)c(F)nc(F)c2F)c1. The van der Waals surface area contributed by atoms with E-state index in [1.165, 1.54) is 6.07 Å². The van der Waals surface area contributed by atoms with Crippen LogP contribution in [0.4, 0.5) is 34.6 Å². The molecule has 2 aromatic rings. The summed E-state index contributed by atoms with van der Waals surface area (Å²) in [5, 5.41) is 2.32. The molecule has 1 N–H and O–H groups in total. The molecule has 0 amide bonds. The van der Waals surface area contributed by atoms with Crippen molar-refractivity contribution in [1.29, 1.82) is 0 Å². The molecular weight excluding hydrogens is 274 g/mol. The lowest BCUT2D eigenvalue weighted by Gasteiger charge is -2.15. The fourth-order valence-corrected chi connectivity index (χ4v) is 1.60. The van der Waals surface area contributed by atoms with Gasteiger partial charge in [0.1, 0.15) is 5.69 Å². The molecule has 0 atom stereocenters. The third-order valence-corrected chi connectivity index (χ3v) is 2.63. The fraction of sp³-hybridized carbons (Fsp3) is 0.154. The fourth-order valence-electron chi connectivity index (χ4n) is 1.60. The normalized spacial score (nSPS) is 10.5. The molecule has 106 valence electrons. The number of aromatic nitrogens is 1. The Hall–Kier alpha value is -2.31. The number of benzene rings is 1. The summed E-state index contributed by atoms with van der Waals surface area (Å²) in [7, 11) is 3.57. The highest BCUT2D eigenvalue weighted by Gasteiger charge is 2.20. The van der Waals surface area contributed by atoms with E-state index in [0.717, 1.165) is 5.69 Å². The van der Waals surface area contributed by atoms with Crippen molar-refractivity contribution >= 4 is 17.1 Å². The van der Waals surface area contributed by atoms with Gasteiger partial charge in [-0.05, 0) is 18.2 Å². The molecule has 0 aliphatic heterocycles. The van der Waals surface area contributed by atoms with Crippen LogP contribution in [0.5, 0.6) is 0 Å². The number of rotatable bonds is 3. The van der Waals surface area contributed by atoms with E-state index in [2.05, 4.69) is 10.3 Å². The number of nitrogens with one attached hydrogen (secondary N) is 1. The van der Waals surface area contributed by atoms with Crippen molar-refractivity contribution in [2.45, 2.75) is 0 Å². The minimum absolute atomic E-state index is 0.291. The van der Waals surface area contributed by atoms with E-state index >= 15 is 0 Å². The van der Waals surface area contributed by atoms with E-state index in [4.69, 9.17) is 0 Å². The van der Waals surface area contributed by atoms with Crippen LogP contribution in [0.3, 0.4) is 0 Å². The Morgan fingerprint density at radius 1 is 1.00 bits per heavy atom. The number of anilines is 3. The van der Waals surface area contributed by atoms with Gasteiger partial charge in [-0.2, -0.15) is 22.5 Å². The monoisotopic (exact) mass is 285 g/mol. The van der Waals surface area contributed by atoms with E-state index in [9.17, 15) is 17.6 Å². The molecule has 0 saturated carbocycles. The summed E-state index contributed by atoms with van der Waals surface area (Å²) in [5.74, 6) is -6.54. The van der Waals surface area contributed by atoms with Crippen molar-refractivity contribution in [1.82, 2.24) is 4.98 Å². The van der Waals surface area contributed by atoms with Crippen LogP contribution in [0, 0.1) is 23.5 Å². The van der Waals surface area contributed by atoms with Gasteiger partial charge >= 0.3 is 0 Å². The van der Waals surface area contributed by atoms with Crippen LogP contribution < -0.4 is 10.2 Å². The van der Waals surface area contributed by atoms with Crippen LogP contribution >= 0.6 is 0 Å². The third kappa shape index (κ3) is 2.66. The van der Waals surface area contributed by atoms with Gasteiger partial charge in [0.15, 0.2) is 0 Å².